The summed E-state index contributed by atoms with van der Waals surface area (Å²) in [5.74, 6) is 0.230. The van der Waals surface area contributed by atoms with E-state index >= 15 is 0 Å². The summed E-state index contributed by atoms with van der Waals surface area (Å²) in [6.45, 7) is 0. The lowest BCUT2D eigenvalue weighted by atomic mass is 10.0. The Bertz CT molecular complexity index is 1460. The van der Waals surface area contributed by atoms with Crippen molar-refractivity contribution in [3.8, 4) is 17.0 Å². The van der Waals surface area contributed by atoms with Crippen LogP contribution in [0, 0.1) is 0 Å². The summed E-state index contributed by atoms with van der Waals surface area (Å²) in [6.07, 6.45) is 4.75. The van der Waals surface area contributed by atoms with Crippen molar-refractivity contribution in [3.05, 3.63) is 72.0 Å². The number of nitrogens with zero attached hydrogens (tertiary/aromatic N) is 2. The Labute approximate surface area is 196 Å². The van der Waals surface area contributed by atoms with E-state index in [0.29, 0.717) is 23.6 Å². The Morgan fingerprint density at radius 3 is 2.61 bits per heavy atom. The summed E-state index contributed by atoms with van der Waals surface area (Å²) in [7, 11) is -1.99. The summed E-state index contributed by atoms with van der Waals surface area (Å²) in [5.41, 5.74) is 4.51. The van der Waals surface area contributed by atoms with Crippen LogP contribution < -0.4 is 14.8 Å². The Hall–Kier alpha value is -3.36. The van der Waals surface area contributed by atoms with Crippen LogP contribution in [-0.4, -0.2) is 30.7 Å². The molecule has 2 aromatic heterocycles. The van der Waals surface area contributed by atoms with E-state index in [1.807, 2.05) is 48.5 Å². The summed E-state index contributed by atoms with van der Waals surface area (Å²) in [6, 6.07) is 17.0. The zero-order chi connectivity index (χ0) is 23.0. The number of sulfonamides is 1. The lowest BCUT2D eigenvalue weighted by molar-refractivity contribution is 0.400. The van der Waals surface area contributed by atoms with Gasteiger partial charge in [0.2, 0.25) is 15.9 Å². The van der Waals surface area contributed by atoms with Gasteiger partial charge in [0.15, 0.2) is 0 Å². The Kier molecular flexibility index (Phi) is 5.55. The van der Waals surface area contributed by atoms with Crippen LogP contribution in [0.3, 0.4) is 0 Å². The fourth-order valence-electron chi connectivity index (χ4n) is 3.62. The van der Waals surface area contributed by atoms with Crippen molar-refractivity contribution in [2.24, 2.45) is 0 Å². The summed E-state index contributed by atoms with van der Waals surface area (Å²) in [5, 5.41) is 4.60. The van der Waals surface area contributed by atoms with Crippen LogP contribution in [0.1, 0.15) is 12.8 Å². The standard InChI is InChI=1S/C24H21ClN4O3S/c1-32-24-23(29-33(30,31)19-6-7-19)12-16(14-27-24)15-5-8-21-20(11-15)22(9-10-26-21)28-18-4-2-3-17(25)13-18/h2-5,8-14,19,29H,6-7H2,1H3,(H,26,28). The van der Waals surface area contributed by atoms with E-state index in [2.05, 4.69) is 20.0 Å². The van der Waals surface area contributed by atoms with Gasteiger partial charge in [0.1, 0.15) is 5.69 Å². The summed E-state index contributed by atoms with van der Waals surface area (Å²) < 4.78 is 32.9. The predicted octanol–water partition coefficient (Wildman–Crippen LogP) is 5.61. The number of ether oxygens (including phenoxy) is 1. The molecule has 168 valence electrons. The van der Waals surface area contributed by atoms with E-state index in [1.165, 1.54) is 7.11 Å². The highest BCUT2D eigenvalue weighted by Crippen LogP contribution is 2.35. The number of anilines is 3. The largest absolute Gasteiger partial charge is 0.480 e. The van der Waals surface area contributed by atoms with Crippen LogP contribution in [0.4, 0.5) is 17.1 Å². The molecule has 0 saturated heterocycles. The molecule has 0 bridgehead atoms. The van der Waals surface area contributed by atoms with Crippen LogP contribution in [0.25, 0.3) is 22.0 Å². The minimum atomic E-state index is -3.45. The molecule has 33 heavy (non-hydrogen) atoms. The number of rotatable bonds is 7. The van der Waals surface area contributed by atoms with Crippen molar-refractivity contribution in [2.75, 3.05) is 17.1 Å². The van der Waals surface area contributed by atoms with E-state index in [-0.39, 0.29) is 11.1 Å². The number of pyridine rings is 2. The molecule has 1 aliphatic carbocycles. The molecule has 0 amide bonds. The summed E-state index contributed by atoms with van der Waals surface area (Å²) in [4.78, 5) is 8.78. The minimum absolute atomic E-state index is 0.230. The maximum absolute atomic E-state index is 12.5. The number of hydrogen-bond donors (Lipinski definition) is 2. The number of benzene rings is 2. The molecule has 0 atom stereocenters. The molecule has 2 aromatic carbocycles. The van der Waals surface area contributed by atoms with Crippen LogP contribution in [0.5, 0.6) is 5.88 Å². The first kappa shape index (κ1) is 21.5. The molecule has 4 aromatic rings. The maximum Gasteiger partial charge on any atom is 0.238 e. The molecule has 1 aliphatic rings. The zero-order valence-electron chi connectivity index (χ0n) is 17.7. The van der Waals surface area contributed by atoms with Gasteiger partial charge in [0.05, 0.1) is 17.9 Å². The van der Waals surface area contributed by atoms with E-state index in [1.54, 1.807) is 18.5 Å². The highest BCUT2D eigenvalue weighted by molar-refractivity contribution is 7.93. The molecular weight excluding hydrogens is 460 g/mol. The lowest BCUT2D eigenvalue weighted by Crippen LogP contribution is -2.18. The predicted molar refractivity (Wildman–Crippen MR) is 132 cm³/mol. The molecule has 5 rings (SSSR count). The Morgan fingerprint density at radius 2 is 1.85 bits per heavy atom. The third-order valence-corrected chi connectivity index (χ3v) is 7.53. The summed E-state index contributed by atoms with van der Waals surface area (Å²) >= 11 is 6.12. The number of methoxy groups -OCH3 is 1. The van der Waals surface area contributed by atoms with Crippen molar-refractivity contribution in [1.29, 1.82) is 0 Å². The molecular formula is C24H21ClN4O3S. The smallest absolute Gasteiger partial charge is 0.238 e. The van der Waals surface area contributed by atoms with Gasteiger partial charge in [0.25, 0.3) is 0 Å². The Balaban J connectivity index is 1.54. The van der Waals surface area contributed by atoms with E-state index in [0.717, 1.165) is 33.4 Å². The normalized spacial score (nSPS) is 13.6. The van der Waals surface area contributed by atoms with Crippen molar-refractivity contribution >= 4 is 49.6 Å². The molecule has 1 saturated carbocycles. The molecule has 0 unspecified atom stereocenters. The number of aromatic nitrogens is 2. The molecule has 9 heteroatoms. The van der Waals surface area contributed by atoms with Gasteiger partial charge >= 0.3 is 0 Å². The second-order valence-corrected chi connectivity index (χ2v) is 10.3. The second kappa shape index (κ2) is 8.53. The van der Waals surface area contributed by atoms with Crippen molar-refractivity contribution in [3.63, 3.8) is 0 Å². The van der Waals surface area contributed by atoms with Crippen molar-refractivity contribution in [1.82, 2.24) is 9.97 Å². The average molecular weight is 481 g/mol. The fraction of sp³-hybridized carbons (Fsp3) is 0.167. The number of nitrogens with one attached hydrogen (secondary N) is 2. The average Bonchev–Trinajstić information content (AvgIpc) is 3.65. The first-order valence-corrected chi connectivity index (χ1v) is 12.3. The van der Waals surface area contributed by atoms with Crippen LogP contribution >= 0.6 is 11.6 Å². The van der Waals surface area contributed by atoms with Gasteiger partial charge < -0.3 is 10.1 Å². The third kappa shape index (κ3) is 4.58. The van der Waals surface area contributed by atoms with Gasteiger partial charge in [-0.15, -0.1) is 0 Å². The molecule has 2 N–H and O–H groups in total. The van der Waals surface area contributed by atoms with Crippen molar-refractivity contribution in [2.45, 2.75) is 18.1 Å². The van der Waals surface area contributed by atoms with Crippen LogP contribution in [0.2, 0.25) is 5.02 Å². The lowest BCUT2D eigenvalue weighted by Gasteiger charge is -2.14. The second-order valence-electron chi connectivity index (χ2n) is 7.85. The highest BCUT2D eigenvalue weighted by Gasteiger charge is 2.36. The van der Waals surface area contributed by atoms with E-state index in [4.69, 9.17) is 16.3 Å². The number of fused-ring (bicyclic) bond motifs is 1. The van der Waals surface area contributed by atoms with Crippen LogP contribution in [0.15, 0.2) is 67.0 Å². The first-order chi connectivity index (χ1) is 15.9. The van der Waals surface area contributed by atoms with Crippen LogP contribution in [-0.2, 0) is 10.0 Å². The Morgan fingerprint density at radius 1 is 1.00 bits per heavy atom. The SMILES string of the molecule is COc1ncc(-c2ccc3nccc(Nc4cccc(Cl)c4)c3c2)cc1NS(=O)(=O)C1CC1. The van der Waals surface area contributed by atoms with E-state index in [9.17, 15) is 8.42 Å². The maximum atomic E-state index is 12.5. The highest BCUT2D eigenvalue weighted by atomic mass is 35.5. The van der Waals surface area contributed by atoms with Gasteiger partial charge in [-0.25, -0.2) is 13.4 Å². The topological polar surface area (TPSA) is 93.2 Å². The van der Waals surface area contributed by atoms with Gasteiger partial charge in [-0.1, -0.05) is 23.7 Å². The fourth-order valence-corrected chi connectivity index (χ4v) is 5.18. The minimum Gasteiger partial charge on any atom is -0.480 e. The van der Waals surface area contributed by atoms with Gasteiger partial charge in [-0.2, -0.15) is 0 Å². The zero-order valence-corrected chi connectivity index (χ0v) is 19.3. The monoisotopic (exact) mass is 480 g/mol. The van der Waals surface area contributed by atoms with Gasteiger partial charge in [-0.3, -0.25) is 9.71 Å². The van der Waals surface area contributed by atoms with E-state index < -0.39 is 10.0 Å². The molecule has 2 heterocycles. The molecule has 0 aliphatic heterocycles. The van der Waals surface area contributed by atoms with Crippen molar-refractivity contribution < 1.29 is 13.2 Å². The molecule has 0 radical (unpaired) electrons. The number of halogens is 1. The number of hydrogen-bond acceptors (Lipinski definition) is 6. The molecule has 1 fully saturated rings. The first-order valence-electron chi connectivity index (χ1n) is 10.4. The third-order valence-electron chi connectivity index (χ3n) is 5.44. The molecule has 7 nitrogen and oxygen atoms in total. The van der Waals surface area contributed by atoms with Gasteiger partial charge in [0, 0.05) is 39.7 Å². The van der Waals surface area contributed by atoms with Gasteiger partial charge in [-0.05, 0) is 60.9 Å². The quantitative estimate of drug-likeness (QED) is 0.357. The molecule has 0 spiro atoms.